The lowest BCUT2D eigenvalue weighted by atomic mass is 10.1. The van der Waals surface area contributed by atoms with Crippen molar-refractivity contribution >= 4 is 27.5 Å². The fraction of sp³-hybridized carbons (Fsp3) is 0.938. The minimum Gasteiger partial charge on any atom is -0.354 e. The van der Waals surface area contributed by atoms with Crippen LogP contribution < -0.4 is 11.1 Å². The average molecular weight is 335 g/mol. The molecule has 5 heteroatoms. The summed E-state index contributed by atoms with van der Waals surface area (Å²) in [5.74, 6) is 2.13. The van der Waals surface area contributed by atoms with Gasteiger partial charge in [-0.25, -0.2) is 0 Å². The summed E-state index contributed by atoms with van der Waals surface area (Å²) in [5.41, 5.74) is 5.21. The molecule has 0 unspecified atom stereocenters. The molecule has 0 heterocycles. The van der Waals surface area contributed by atoms with Crippen LogP contribution in [0.2, 0.25) is 0 Å². The lowest BCUT2D eigenvalue weighted by Crippen LogP contribution is -2.31. The first-order valence-electron chi connectivity index (χ1n) is 8.52. The van der Waals surface area contributed by atoms with Crippen molar-refractivity contribution in [2.75, 3.05) is 24.6 Å². The van der Waals surface area contributed by atoms with E-state index in [2.05, 4.69) is 12.2 Å². The van der Waals surface area contributed by atoms with Gasteiger partial charge in [-0.05, 0) is 6.42 Å². The van der Waals surface area contributed by atoms with Crippen LogP contribution in [0.25, 0.3) is 0 Å². The number of hydrogen-bond donors (Lipinski definition) is 2. The van der Waals surface area contributed by atoms with E-state index in [1.165, 1.54) is 70.0 Å². The topological polar surface area (TPSA) is 55.1 Å². The highest BCUT2D eigenvalue weighted by atomic mass is 33.1. The van der Waals surface area contributed by atoms with E-state index in [4.69, 9.17) is 5.73 Å². The van der Waals surface area contributed by atoms with Gasteiger partial charge >= 0.3 is 0 Å². The molecule has 0 saturated heterocycles. The minimum absolute atomic E-state index is 0.0599. The quantitative estimate of drug-likeness (QED) is 0.325. The first-order chi connectivity index (χ1) is 10.3. The second-order valence-electron chi connectivity index (χ2n) is 5.38. The fourth-order valence-corrected chi connectivity index (χ4v) is 4.12. The summed E-state index contributed by atoms with van der Waals surface area (Å²) in [6.07, 6.45) is 14.0. The molecular formula is C16H34N2OS2. The molecule has 0 aromatic rings. The SMILES string of the molecule is CCCCCCCCCCCCSSCCNC(=O)CN. The van der Waals surface area contributed by atoms with Crippen LogP contribution >= 0.6 is 21.6 Å². The molecule has 3 nitrogen and oxygen atoms in total. The Balaban J connectivity index is 2.98. The number of carbonyl (C=O) groups is 1. The van der Waals surface area contributed by atoms with E-state index in [1.807, 2.05) is 21.6 Å². The van der Waals surface area contributed by atoms with E-state index >= 15 is 0 Å². The molecule has 1 amide bonds. The molecule has 0 atom stereocenters. The van der Waals surface area contributed by atoms with Crippen molar-refractivity contribution in [1.82, 2.24) is 5.32 Å². The van der Waals surface area contributed by atoms with Gasteiger partial charge in [-0.1, -0.05) is 86.3 Å². The Labute approximate surface area is 139 Å². The van der Waals surface area contributed by atoms with Gasteiger partial charge in [0, 0.05) is 18.1 Å². The van der Waals surface area contributed by atoms with E-state index in [-0.39, 0.29) is 12.5 Å². The monoisotopic (exact) mass is 334 g/mol. The van der Waals surface area contributed by atoms with Crippen LogP contribution in [0, 0.1) is 0 Å². The van der Waals surface area contributed by atoms with Crippen LogP contribution in [0.5, 0.6) is 0 Å². The van der Waals surface area contributed by atoms with Gasteiger partial charge in [0.2, 0.25) is 5.91 Å². The van der Waals surface area contributed by atoms with Crippen LogP contribution in [0.1, 0.15) is 71.1 Å². The van der Waals surface area contributed by atoms with Crippen molar-refractivity contribution in [3.05, 3.63) is 0 Å². The van der Waals surface area contributed by atoms with Gasteiger partial charge in [0.25, 0.3) is 0 Å². The maximum absolute atomic E-state index is 10.9. The molecule has 21 heavy (non-hydrogen) atoms. The van der Waals surface area contributed by atoms with Crippen molar-refractivity contribution in [2.45, 2.75) is 71.1 Å². The molecule has 0 spiro atoms. The summed E-state index contributed by atoms with van der Waals surface area (Å²) in [4.78, 5) is 10.9. The van der Waals surface area contributed by atoms with Crippen molar-refractivity contribution in [1.29, 1.82) is 0 Å². The summed E-state index contributed by atoms with van der Waals surface area (Å²) >= 11 is 0. The number of nitrogens with two attached hydrogens (primary N) is 1. The molecule has 0 aromatic carbocycles. The van der Waals surface area contributed by atoms with E-state index in [9.17, 15) is 4.79 Å². The van der Waals surface area contributed by atoms with Gasteiger partial charge in [-0.3, -0.25) is 4.79 Å². The van der Waals surface area contributed by atoms with Crippen molar-refractivity contribution < 1.29 is 4.79 Å². The molecular weight excluding hydrogens is 300 g/mol. The highest BCUT2D eigenvalue weighted by Crippen LogP contribution is 2.22. The van der Waals surface area contributed by atoms with Crippen LogP contribution in [-0.4, -0.2) is 30.5 Å². The van der Waals surface area contributed by atoms with Crippen molar-refractivity contribution in [3.63, 3.8) is 0 Å². The predicted molar refractivity (Wildman–Crippen MR) is 98.8 cm³/mol. The zero-order valence-electron chi connectivity index (χ0n) is 13.7. The molecule has 0 aliphatic rings. The zero-order valence-corrected chi connectivity index (χ0v) is 15.3. The van der Waals surface area contributed by atoms with E-state index in [1.54, 1.807) is 0 Å². The van der Waals surface area contributed by atoms with Crippen LogP contribution in [-0.2, 0) is 4.79 Å². The summed E-state index contributed by atoms with van der Waals surface area (Å²) in [6.45, 7) is 3.09. The lowest BCUT2D eigenvalue weighted by molar-refractivity contribution is -0.119. The second-order valence-corrected chi connectivity index (χ2v) is 8.08. The number of rotatable bonds is 16. The summed E-state index contributed by atoms with van der Waals surface area (Å²) in [5, 5.41) is 2.78. The van der Waals surface area contributed by atoms with Crippen molar-refractivity contribution in [2.24, 2.45) is 5.73 Å². The van der Waals surface area contributed by atoms with Crippen LogP contribution in [0.4, 0.5) is 0 Å². The Morgan fingerprint density at radius 1 is 0.857 bits per heavy atom. The third-order valence-corrected chi connectivity index (χ3v) is 5.85. The summed E-state index contributed by atoms with van der Waals surface area (Å²) in [7, 11) is 3.77. The smallest absolute Gasteiger partial charge is 0.233 e. The highest BCUT2D eigenvalue weighted by Gasteiger charge is 1.96. The third kappa shape index (κ3) is 18.1. The Morgan fingerprint density at radius 3 is 1.95 bits per heavy atom. The molecule has 126 valence electrons. The van der Waals surface area contributed by atoms with Gasteiger partial charge < -0.3 is 11.1 Å². The number of nitrogens with one attached hydrogen (secondary N) is 1. The molecule has 0 fully saturated rings. The minimum atomic E-state index is -0.0599. The molecule has 0 radical (unpaired) electrons. The Bertz CT molecular complexity index is 228. The molecule has 0 aromatic heterocycles. The molecule has 0 rings (SSSR count). The number of amides is 1. The third-order valence-electron chi connectivity index (χ3n) is 3.36. The first kappa shape index (κ1) is 21.1. The normalized spacial score (nSPS) is 10.8. The summed E-state index contributed by atoms with van der Waals surface area (Å²) < 4.78 is 0. The van der Waals surface area contributed by atoms with Gasteiger partial charge in [0.1, 0.15) is 0 Å². The van der Waals surface area contributed by atoms with Gasteiger partial charge in [-0.15, -0.1) is 0 Å². The standard InChI is InChI=1S/C16H34N2OS2/c1-2-3-4-5-6-7-8-9-10-11-13-20-21-14-12-18-16(19)15-17/h2-15,17H2,1H3,(H,18,19). The number of unbranched alkanes of at least 4 members (excludes halogenated alkanes) is 9. The van der Waals surface area contributed by atoms with Crippen LogP contribution in [0.15, 0.2) is 0 Å². The highest BCUT2D eigenvalue weighted by molar-refractivity contribution is 8.76. The zero-order chi connectivity index (χ0) is 15.6. The predicted octanol–water partition coefficient (Wildman–Crippen LogP) is 4.36. The second kappa shape index (κ2) is 18.2. The van der Waals surface area contributed by atoms with E-state index in [0.29, 0.717) is 0 Å². The maximum atomic E-state index is 10.9. The lowest BCUT2D eigenvalue weighted by Gasteiger charge is -2.04. The van der Waals surface area contributed by atoms with E-state index < -0.39 is 0 Å². The molecule has 0 saturated carbocycles. The Morgan fingerprint density at radius 2 is 1.38 bits per heavy atom. The fourth-order valence-electron chi connectivity index (χ4n) is 2.07. The Kier molecular flexibility index (Phi) is 18.3. The first-order valence-corrected chi connectivity index (χ1v) is 11.0. The summed E-state index contributed by atoms with van der Waals surface area (Å²) in [6, 6.07) is 0. The molecule has 0 aliphatic carbocycles. The average Bonchev–Trinajstić information content (AvgIpc) is 2.50. The van der Waals surface area contributed by atoms with Crippen LogP contribution in [0.3, 0.4) is 0 Å². The molecule has 3 N–H and O–H groups in total. The van der Waals surface area contributed by atoms with Gasteiger partial charge in [0.05, 0.1) is 6.54 Å². The Hall–Kier alpha value is 0.130. The largest absolute Gasteiger partial charge is 0.354 e. The number of carbonyl (C=O) groups excluding carboxylic acids is 1. The molecule has 0 bridgehead atoms. The van der Waals surface area contributed by atoms with E-state index in [0.717, 1.165) is 12.3 Å². The number of hydrogen-bond acceptors (Lipinski definition) is 4. The van der Waals surface area contributed by atoms with Gasteiger partial charge in [0.15, 0.2) is 0 Å². The molecule has 0 aliphatic heterocycles. The maximum Gasteiger partial charge on any atom is 0.233 e. The van der Waals surface area contributed by atoms with Gasteiger partial charge in [-0.2, -0.15) is 0 Å². The van der Waals surface area contributed by atoms with Crippen molar-refractivity contribution in [3.8, 4) is 0 Å².